The quantitative estimate of drug-likeness (QED) is 0.496. The summed E-state index contributed by atoms with van der Waals surface area (Å²) in [6, 6.07) is 0. The Morgan fingerprint density at radius 1 is 1.53 bits per heavy atom. The number of hydrogen-bond acceptors (Lipinski definition) is 1. The molecule has 1 nitrogen and oxygen atoms in total. The zero-order valence-electron chi connectivity index (χ0n) is 10.5. The Kier molecular flexibility index (Phi) is 3.54. The Morgan fingerprint density at radius 2 is 2.13 bits per heavy atom. The van der Waals surface area contributed by atoms with Gasteiger partial charge in [0.2, 0.25) is 0 Å². The first-order valence-corrected chi connectivity index (χ1v) is 5.75. The molecule has 0 N–H and O–H groups in total. The molecule has 0 radical (unpaired) electrons. The highest BCUT2D eigenvalue weighted by Gasteiger charge is 2.40. The summed E-state index contributed by atoms with van der Waals surface area (Å²) in [5.74, 6) is 0.869. The summed E-state index contributed by atoms with van der Waals surface area (Å²) >= 11 is 0. The third-order valence-electron chi connectivity index (χ3n) is 3.80. The molecule has 0 saturated carbocycles. The fraction of sp³-hybridized carbons (Fsp3) is 0.643. The van der Waals surface area contributed by atoms with Crippen LogP contribution in [0.5, 0.6) is 0 Å². The smallest absolute Gasteiger partial charge is 0.159 e. The van der Waals surface area contributed by atoms with Gasteiger partial charge in [0, 0.05) is 5.92 Å². The summed E-state index contributed by atoms with van der Waals surface area (Å²) in [5.41, 5.74) is 1.36. The summed E-state index contributed by atoms with van der Waals surface area (Å²) < 4.78 is 0. The summed E-state index contributed by atoms with van der Waals surface area (Å²) in [7, 11) is 0. The molecule has 0 aromatic carbocycles. The Hall–Kier alpha value is -0.850. The molecule has 0 aliphatic heterocycles. The first-order chi connectivity index (χ1) is 6.91. The minimum atomic E-state index is 0.00819. The second kappa shape index (κ2) is 4.34. The van der Waals surface area contributed by atoms with Gasteiger partial charge in [-0.2, -0.15) is 0 Å². The average molecular weight is 206 g/mol. The fourth-order valence-electron chi connectivity index (χ4n) is 2.62. The van der Waals surface area contributed by atoms with Crippen LogP contribution in [0.2, 0.25) is 0 Å². The van der Waals surface area contributed by atoms with Crippen LogP contribution < -0.4 is 0 Å². The molecule has 0 aromatic heterocycles. The van der Waals surface area contributed by atoms with Gasteiger partial charge in [0.05, 0.1) is 0 Å². The number of allylic oxidation sites excluding steroid dienone is 4. The summed E-state index contributed by atoms with van der Waals surface area (Å²) in [6.45, 7) is 10.6. The van der Waals surface area contributed by atoms with E-state index in [0.717, 1.165) is 6.42 Å². The van der Waals surface area contributed by atoms with E-state index in [1.165, 1.54) is 5.57 Å². The Morgan fingerprint density at radius 3 is 2.67 bits per heavy atom. The van der Waals surface area contributed by atoms with E-state index in [1.54, 1.807) is 6.08 Å². The lowest BCUT2D eigenvalue weighted by molar-refractivity contribution is -0.123. The van der Waals surface area contributed by atoms with E-state index in [4.69, 9.17) is 0 Å². The molecule has 1 aliphatic rings. The number of carbonyl (C=O) groups excluding carboxylic acids is 1. The molecule has 0 bridgehead atoms. The van der Waals surface area contributed by atoms with Crippen LogP contribution in [0.15, 0.2) is 23.8 Å². The lowest BCUT2D eigenvalue weighted by Crippen LogP contribution is -2.38. The van der Waals surface area contributed by atoms with Crippen LogP contribution in [0, 0.1) is 17.3 Å². The van der Waals surface area contributed by atoms with Gasteiger partial charge in [-0.25, -0.2) is 0 Å². The monoisotopic (exact) mass is 206 g/mol. The second-order valence-electron chi connectivity index (χ2n) is 5.20. The van der Waals surface area contributed by atoms with Gasteiger partial charge in [-0.15, -0.1) is 0 Å². The second-order valence-corrected chi connectivity index (χ2v) is 5.20. The van der Waals surface area contributed by atoms with Gasteiger partial charge < -0.3 is 0 Å². The summed E-state index contributed by atoms with van der Waals surface area (Å²) in [6.07, 6.45) is 6.88. The van der Waals surface area contributed by atoms with Crippen molar-refractivity contribution < 1.29 is 4.79 Å². The van der Waals surface area contributed by atoms with Crippen molar-refractivity contribution in [1.29, 1.82) is 0 Å². The van der Waals surface area contributed by atoms with E-state index in [-0.39, 0.29) is 17.1 Å². The van der Waals surface area contributed by atoms with Gasteiger partial charge in [-0.1, -0.05) is 38.5 Å². The first kappa shape index (κ1) is 12.2. The van der Waals surface area contributed by atoms with Gasteiger partial charge in [0.15, 0.2) is 5.78 Å². The standard InChI is InChI=1S/C14H22O/c1-6-7-12(15)13-10(2)8-9-11(3)14(13,4)5/h6-7,9-10,13H,8H2,1-5H3/b7-6+/t10-,13-/m0/s1. The molecule has 0 saturated heterocycles. The van der Waals surface area contributed by atoms with Gasteiger partial charge in [0.1, 0.15) is 0 Å². The van der Waals surface area contributed by atoms with Crippen LogP contribution >= 0.6 is 0 Å². The molecular formula is C14H22O. The van der Waals surface area contributed by atoms with Crippen molar-refractivity contribution >= 4 is 5.78 Å². The predicted octanol–water partition coefficient (Wildman–Crippen LogP) is 3.76. The zero-order valence-corrected chi connectivity index (χ0v) is 10.5. The largest absolute Gasteiger partial charge is 0.295 e. The van der Waals surface area contributed by atoms with Crippen LogP contribution in [0.25, 0.3) is 0 Å². The Labute approximate surface area is 93.3 Å². The van der Waals surface area contributed by atoms with Crippen molar-refractivity contribution in [2.45, 2.75) is 41.0 Å². The van der Waals surface area contributed by atoms with E-state index in [2.05, 4.69) is 33.8 Å². The average Bonchev–Trinajstić information content (AvgIpc) is 2.12. The van der Waals surface area contributed by atoms with Crippen molar-refractivity contribution in [3.05, 3.63) is 23.8 Å². The van der Waals surface area contributed by atoms with Crippen molar-refractivity contribution in [3.63, 3.8) is 0 Å². The van der Waals surface area contributed by atoms with Crippen molar-refractivity contribution in [2.24, 2.45) is 17.3 Å². The number of hydrogen-bond donors (Lipinski definition) is 0. The molecule has 0 unspecified atom stereocenters. The molecule has 0 fully saturated rings. The lowest BCUT2D eigenvalue weighted by Gasteiger charge is -2.41. The topological polar surface area (TPSA) is 17.1 Å². The number of ketones is 1. The maximum absolute atomic E-state index is 12.1. The highest BCUT2D eigenvalue weighted by molar-refractivity contribution is 5.92. The fourth-order valence-corrected chi connectivity index (χ4v) is 2.62. The number of carbonyl (C=O) groups is 1. The maximum atomic E-state index is 12.1. The molecule has 1 rings (SSSR count). The number of rotatable bonds is 2. The molecule has 1 aliphatic carbocycles. The van der Waals surface area contributed by atoms with Gasteiger partial charge >= 0.3 is 0 Å². The van der Waals surface area contributed by atoms with Gasteiger partial charge in [0.25, 0.3) is 0 Å². The normalized spacial score (nSPS) is 30.3. The highest BCUT2D eigenvalue weighted by Crippen LogP contribution is 2.44. The first-order valence-electron chi connectivity index (χ1n) is 5.75. The minimum Gasteiger partial charge on any atom is -0.295 e. The molecule has 0 amide bonds. The Bertz CT molecular complexity index is 307. The Balaban J connectivity index is 3.05. The molecule has 0 aromatic rings. The van der Waals surface area contributed by atoms with E-state index < -0.39 is 0 Å². The maximum Gasteiger partial charge on any atom is 0.159 e. The van der Waals surface area contributed by atoms with Crippen molar-refractivity contribution in [2.75, 3.05) is 0 Å². The molecule has 0 spiro atoms. The van der Waals surface area contributed by atoms with Crippen molar-refractivity contribution in [3.8, 4) is 0 Å². The lowest BCUT2D eigenvalue weighted by atomic mass is 9.62. The zero-order chi connectivity index (χ0) is 11.6. The minimum absolute atomic E-state index is 0.00819. The predicted molar refractivity (Wildman–Crippen MR) is 64.6 cm³/mol. The van der Waals surface area contributed by atoms with E-state index in [0.29, 0.717) is 5.92 Å². The van der Waals surface area contributed by atoms with Gasteiger partial charge in [-0.05, 0) is 37.7 Å². The molecular weight excluding hydrogens is 184 g/mol. The van der Waals surface area contributed by atoms with E-state index in [1.807, 2.05) is 13.0 Å². The molecule has 84 valence electrons. The molecule has 0 heterocycles. The van der Waals surface area contributed by atoms with Crippen LogP contribution in [-0.4, -0.2) is 5.78 Å². The SMILES string of the molecule is C/C=C/C(=O)[C@@H]1[C@@H](C)CC=C(C)C1(C)C. The van der Waals surface area contributed by atoms with Crippen LogP contribution in [-0.2, 0) is 4.79 Å². The van der Waals surface area contributed by atoms with Crippen LogP contribution in [0.3, 0.4) is 0 Å². The highest BCUT2D eigenvalue weighted by atomic mass is 16.1. The van der Waals surface area contributed by atoms with Crippen LogP contribution in [0.4, 0.5) is 0 Å². The third kappa shape index (κ3) is 2.22. The van der Waals surface area contributed by atoms with E-state index in [9.17, 15) is 4.79 Å². The summed E-state index contributed by atoms with van der Waals surface area (Å²) in [5, 5.41) is 0. The van der Waals surface area contributed by atoms with Gasteiger partial charge in [-0.3, -0.25) is 4.79 Å². The molecule has 15 heavy (non-hydrogen) atoms. The summed E-state index contributed by atoms with van der Waals surface area (Å²) in [4.78, 5) is 12.1. The molecule has 2 atom stereocenters. The third-order valence-corrected chi connectivity index (χ3v) is 3.80. The van der Waals surface area contributed by atoms with E-state index >= 15 is 0 Å². The molecule has 1 heteroatoms. The van der Waals surface area contributed by atoms with Crippen LogP contribution in [0.1, 0.15) is 41.0 Å². The van der Waals surface area contributed by atoms with Crippen molar-refractivity contribution in [1.82, 2.24) is 0 Å².